The van der Waals surface area contributed by atoms with Gasteiger partial charge in [0.05, 0.1) is 5.56 Å². The molecule has 0 heterocycles. The van der Waals surface area contributed by atoms with Crippen LogP contribution in [0.5, 0.6) is 0 Å². The van der Waals surface area contributed by atoms with Crippen LogP contribution in [0.4, 0.5) is 8.78 Å². The van der Waals surface area contributed by atoms with Gasteiger partial charge in [-0.25, -0.2) is 9.59 Å². The Morgan fingerprint density at radius 1 is 1.33 bits per heavy atom. The Labute approximate surface area is 134 Å². The van der Waals surface area contributed by atoms with E-state index in [-0.39, 0.29) is 5.56 Å². The highest BCUT2D eigenvalue weighted by atomic mass is 127. The van der Waals surface area contributed by atoms with Crippen molar-refractivity contribution in [2.24, 2.45) is 5.92 Å². The summed E-state index contributed by atoms with van der Waals surface area (Å²) in [5.74, 6) is -8.26. The monoisotopic (exact) mass is 412 g/mol. The van der Waals surface area contributed by atoms with Crippen molar-refractivity contribution in [2.45, 2.75) is 32.8 Å². The van der Waals surface area contributed by atoms with Crippen LogP contribution in [0.3, 0.4) is 0 Å². The van der Waals surface area contributed by atoms with Crippen LogP contribution in [0.15, 0.2) is 18.2 Å². The Hall–Kier alpha value is -1.25. The third-order valence-corrected chi connectivity index (χ3v) is 4.05. The number of alkyl halides is 2. The van der Waals surface area contributed by atoms with Crippen LogP contribution in [0.2, 0.25) is 0 Å². The molecule has 0 amide bonds. The van der Waals surface area contributed by atoms with Crippen molar-refractivity contribution in [3.63, 3.8) is 0 Å². The molecule has 0 aliphatic heterocycles. The fourth-order valence-electron chi connectivity index (χ4n) is 1.65. The molecule has 0 radical (unpaired) electrons. The van der Waals surface area contributed by atoms with E-state index in [1.54, 1.807) is 6.07 Å². The molecule has 0 aliphatic carbocycles. The van der Waals surface area contributed by atoms with Crippen molar-refractivity contribution in [1.29, 1.82) is 0 Å². The number of aryl methyl sites for hydroxylation is 1. The van der Waals surface area contributed by atoms with Gasteiger partial charge in [0.25, 0.3) is 0 Å². The molecule has 1 atom stereocenters. The quantitative estimate of drug-likeness (QED) is 0.594. The topological polar surface area (TPSA) is 63.6 Å². The molecule has 0 spiro atoms. The van der Waals surface area contributed by atoms with Crippen LogP contribution in [0.1, 0.15) is 29.8 Å². The lowest BCUT2D eigenvalue weighted by Crippen LogP contribution is -2.47. The number of aliphatic carboxylic acids is 1. The summed E-state index contributed by atoms with van der Waals surface area (Å²) in [6.07, 6.45) is -2.03. The molecule has 0 aliphatic rings. The van der Waals surface area contributed by atoms with Gasteiger partial charge in [0.1, 0.15) is 0 Å². The second-order valence-corrected chi connectivity index (χ2v) is 6.12. The largest absolute Gasteiger partial charge is 0.477 e. The lowest BCUT2D eigenvalue weighted by Gasteiger charge is -2.26. The molecule has 4 nitrogen and oxygen atoms in total. The van der Waals surface area contributed by atoms with Crippen molar-refractivity contribution in [3.8, 4) is 0 Å². The minimum absolute atomic E-state index is 0.108. The molecular weight excluding hydrogens is 397 g/mol. The number of ether oxygens (including phenoxy) is 1. The number of rotatable bonds is 5. The normalized spacial score (nSPS) is 13.1. The van der Waals surface area contributed by atoms with Crippen molar-refractivity contribution in [2.75, 3.05) is 0 Å². The molecule has 0 aromatic heterocycles. The lowest BCUT2D eigenvalue weighted by atomic mass is 10.0. The second-order valence-electron chi connectivity index (χ2n) is 4.96. The average molecular weight is 412 g/mol. The van der Waals surface area contributed by atoms with Crippen molar-refractivity contribution >= 4 is 34.5 Å². The van der Waals surface area contributed by atoms with E-state index < -0.39 is 29.9 Å². The maximum atomic E-state index is 13.6. The highest BCUT2D eigenvalue weighted by Crippen LogP contribution is 2.28. The SMILES string of the molecule is Cc1ccc(C(=O)OC(C(C)C)C(F)(F)C(=O)O)cc1I. The summed E-state index contributed by atoms with van der Waals surface area (Å²) >= 11 is 2.01. The van der Waals surface area contributed by atoms with Crippen LogP contribution in [-0.2, 0) is 9.53 Å². The number of carboxylic acid groups (broad SMARTS) is 1. The summed E-state index contributed by atoms with van der Waals surface area (Å²) in [5, 5.41) is 8.58. The van der Waals surface area contributed by atoms with E-state index in [0.29, 0.717) is 0 Å². The summed E-state index contributed by atoms with van der Waals surface area (Å²) in [6, 6.07) is 4.63. The smallest absolute Gasteiger partial charge is 0.378 e. The van der Waals surface area contributed by atoms with Crippen molar-refractivity contribution < 1.29 is 28.2 Å². The van der Waals surface area contributed by atoms with Crippen LogP contribution < -0.4 is 0 Å². The van der Waals surface area contributed by atoms with Gasteiger partial charge in [-0.05, 0) is 53.1 Å². The molecule has 1 aromatic carbocycles. The first-order chi connectivity index (χ1) is 9.57. The lowest BCUT2D eigenvalue weighted by molar-refractivity contribution is -0.187. The van der Waals surface area contributed by atoms with E-state index in [4.69, 9.17) is 9.84 Å². The average Bonchev–Trinajstić information content (AvgIpc) is 2.38. The van der Waals surface area contributed by atoms with E-state index in [2.05, 4.69) is 0 Å². The van der Waals surface area contributed by atoms with Gasteiger partial charge in [-0.3, -0.25) is 0 Å². The summed E-state index contributed by atoms with van der Waals surface area (Å²) in [6.45, 7) is 4.58. The third kappa shape index (κ3) is 4.12. The zero-order chi connectivity index (χ0) is 16.4. The fourth-order valence-corrected chi connectivity index (χ4v) is 2.17. The van der Waals surface area contributed by atoms with E-state index in [0.717, 1.165) is 9.13 Å². The Morgan fingerprint density at radius 2 is 1.90 bits per heavy atom. The number of esters is 1. The van der Waals surface area contributed by atoms with Gasteiger partial charge in [-0.1, -0.05) is 19.9 Å². The minimum Gasteiger partial charge on any atom is -0.477 e. The molecule has 0 fully saturated rings. The Bertz CT molecular complexity index is 558. The van der Waals surface area contributed by atoms with Gasteiger partial charge in [0.2, 0.25) is 0 Å². The fraction of sp³-hybridized carbons (Fsp3) is 0.429. The molecule has 116 valence electrons. The van der Waals surface area contributed by atoms with Crippen LogP contribution in [0.25, 0.3) is 0 Å². The van der Waals surface area contributed by atoms with E-state index in [1.165, 1.54) is 26.0 Å². The van der Waals surface area contributed by atoms with E-state index >= 15 is 0 Å². The molecule has 0 bridgehead atoms. The van der Waals surface area contributed by atoms with Gasteiger partial charge >= 0.3 is 17.9 Å². The molecule has 1 unspecified atom stereocenters. The standard InChI is InChI=1S/C14H15F2IO4/c1-7(2)11(14(15,16)13(19)20)21-12(18)9-5-4-8(3)10(17)6-9/h4-7,11H,1-3H3,(H,19,20). The highest BCUT2D eigenvalue weighted by Gasteiger charge is 2.51. The number of benzene rings is 1. The second kappa shape index (κ2) is 6.67. The minimum atomic E-state index is -4.14. The predicted molar refractivity (Wildman–Crippen MR) is 80.5 cm³/mol. The van der Waals surface area contributed by atoms with Crippen molar-refractivity contribution in [3.05, 3.63) is 32.9 Å². The maximum absolute atomic E-state index is 13.6. The maximum Gasteiger partial charge on any atom is 0.378 e. The Morgan fingerprint density at radius 3 is 2.33 bits per heavy atom. The number of carbonyl (C=O) groups excluding carboxylic acids is 1. The van der Waals surface area contributed by atoms with Gasteiger partial charge in [0, 0.05) is 3.57 Å². The molecule has 0 saturated carbocycles. The number of carboxylic acids is 1. The third-order valence-electron chi connectivity index (χ3n) is 2.89. The van der Waals surface area contributed by atoms with Gasteiger partial charge < -0.3 is 9.84 Å². The molecular formula is C14H15F2IO4. The summed E-state index contributed by atoms with van der Waals surface area (Å²) in [7, 11) is 0. The summed E-state index contributed by atoms with van der Waals surface area (Å²) in [4.78, 5) is 22.6. The highest BCUT2D eigenvalue weighted by molar-refractivity contribution is 14.1. The first-order valence-electron chi connectivity index (χ1n) is 6.15. The molecule has 1 N–H and O–H groups in total. The number of halogens is 3. The molecule has 21 heavy (non-hydrogen) atoms. The van der Waals surface area contributed by atoms with Crippen LogP contribution >= 0.6 is 22.6 Å². The number of carbonyl (C=O) groups is 2. The molecule has 1 rings (SSSR count). The molecule has 1 aromatic rings. The predicted octanol–water partition coefficient (Wildman–Crippen LogP) is 3.50. The van der Waals surface area contributed by atoms with Gasteiger partial charge in [0.15, 0.2) is 6.10 Å². The molecule has 7 heteroatoms. The zero-order valence-corrected chi connectivity index (χ0v) is 13.9. The zero-order valence-electron chi connectivity index (χ0n) is 11.7. The summed E-state index contributed by atoms with van der Waals surface area (Å²) in [5.41, 5.74) is 1.04. The number of hydrogen-bond acceptors (Lipinski definition) is 3. The van der Waals surface area contributed by atoms with Gasteiger partial charge in [-0.15, -0.1) is 0 Å². The molecule has 0 saturated heterocycles. The first kappa shape index (κ1) is 17.8. The van der Waals surface area contributed by atoms with Crippen LogP contribution in [0, 0.1) is 16.4 Å². The summed E-state index contributed by atoms with van der Waals surface area (Å²) < 4.78 is 32.7. The Balaban J connectivity index is 3.02. The first-order valence-corrected chi connectivity index (χ1v) is 7.23. The van der Waals surface area contributed by atoms with E-state index in [9.17, 15) is 18.4 Å². The number of hydrogen-bond donors (Lipinski definition) is 1. The van der Waals surface area contributed by atoms with Crippen LogP contribution in [-0.4, -0.2) is 29.1 Å². The Kier molecular flexibility index (Phi) is 5.66. The van der Waals surface area contributed by atoms with Gasteiger partial charge in [-0.2, -0.15) is 8.78 Å². The van der Waals surface area contributed by atoms with E-state index in [1.807, 2.05) is 29.5 Å². The van der Waals surface area contributed by atoms with Crippen molar-refractivity contribution in [1.82, 2.24) is 0 Å².